The van der Waals surface area contributed by atoms with Crippen LogP contribution >= 0.6 is 0 Å². The van der Waals surface area contributed by atoms with Crippen molar-refractivity contribution in [2.75, 3.05) is 7.05 Å². The Morgan fingerprint density at radius 3 is 2.67 bits per heavy atom. The van der Waals surface area contributed by atoms with Gasteiger partial charge in [0.2, 0.25) is 0 Å². The highest BCUT2D eigenvalue weighted by Crippen LogP contribution is 2.17. The van der Waals surface area contributed by atoms with Crippen molar-refractivity contribution in [2.24, 2.45) is 10.6 Å². The van der Waals surface area contributed by atoms with E-state index in [0.717, 1.165) is 0 Å². The third kappa shape index (κ3) is 4.15. The van der Waals surface area contributed by atoms with Gasteiger partial charge in [0.1, 0.15) is 12.2 Å². The van der Waals surface area contributed by atoms with Crippen LogP contribution in [0, 0.1) is 12.3 Å². The summed E-state index contributed by atoms with van der Waals surface area (Å²) in [4.78, 5) is 19.8. The topological polar surface area (TPSA) is 81.4 Å². The molecule has 1 heterocycles. The Labute approximate surface area is 106 Å². The highest BCUT2D eigenvalue weighted by Gasteiger charge is 2.21. The van der Waals surface area contributed by atoms with Crippen molar-refractivity contribution < 1.29 is 9.63 Å². The van der Waals surface area contributed by atoms with Crippen LogP contribution in [0.4, 0.5) is 4.79 Å². The first-order valence-electron chi connectivity index (χ1n) is 5.65. The second kappa shape index (κ2) is 5.61. The SMILES string of the molecule is CNC(=O)ON=C(Cn1cnc(C)n1)C(C)(C)C. The summed E-state index contributed by atoms with van der Waals surface area (Å²) in [6, 6.07) is 0. The molecular weight excluding hydrogens is 234 g/mol. The molecule has 0 fully saturated rings. The first kappa shape index (κ1) is 14.1. The van der Waals surface area contributed by atoms with Crippen LogP contribution in [-0.4, -0.2) is 33.6 Å². The van der Waals surface area contributed by atoms with E-state index >= 15 is 0 Å². The Morgan fingerprint density at radius 2 is 2.22 bits per heavy atom. The van der Waals surface area contributed by atoms with Crippen molar-refractivity contribution in [1.82, 2.24) is 20.1 Å². The second-order valence-electron chi connectivity index (χ2n) is 4.91. The van der Waals surface area contributed by atoms with Crippen molar-refractivity contribution in [3.8, 4) is 0 Å². The molecule has 100 valence electrons. The standard InChI is InChI=1S/C11H19N5O2/c1-8-13-7-16(14-8)6-9(11(2,3)4)15-18-10(17)12-5/h7H,6H2,1-5H3,(H,12,17). The highest BCUT2D eigenvalue weighted by atomic mass is 16.7. The summed E-state index contributed by atoms with van der Waals surface area (Å²) >= 11 is 0. The van der Waals surface area contributed by atoms with E-state index in [2.05, 4.69) is 20.6 Å². The molecule has 18 heavy (non-hydrogen) atoms. The van der Waals surface area contributed by atoms with Gasteiger partial charge >= 0.3 is 6.09 Å². The van der Waals surface area contributed by atoms with Crippen molar-refractivity contribution in [2.45, 2.75) is 34.2 Å². The predicted octanol–water partition coefficient (Wildman–Crippen LogP) is 1.34. The summed E-state index contributed by atoms with van der Waals surface area (Å²) in [6.07, 6.45) is 1.03. The molecule has 0 radical (unpaired) electrons. The van der Waals surface area contributed by atoms with Gasteiger partial charge in [0.05, 0.1) is 12.3 Å². The van der Waals surface area contributed by atoms with Gasteiger partial charge < -0.3 is 5.32 Å². The third-order valence-corrected chi connectivity index (χ3v) is 2.27. The van der Waals surface area contributed by atoms with E-state index < -0.39 is 6.09 Å². The normalized spacial score (nSPS) is 12.4. The lowest BCUT2D eigenvalue weighted by atomic mass is 9.90. The van der Waals surface area contributed by atoms with E-state index in [-0.39, 0.29) is 5.41 Å². The summed E-state index contributed by atoms with van der Waals surface area (Å²) in [5, 5.41) is 10.4. The average Bonchev–Trinajstić information content (AvgIpc) is 2.68. The highest BCUT2D eigenvalue weighted by molar-refractivity contribution is 5.89. The fraction of sp³-hybridized carbons (Fsp3) is 0.636. The molecule has 0 aliphatic carbocycles. The molecule has 0 atom stereocenters. The summed E-state index contributed by atoms with van der Waals surface area (Å²) in [6.45, 7) is 8.21. The molecule has 1 N–H and O–H groups in total. The van der Waals surface area contributed by atoms with E-state index in [9.17, 15) is 4.79 Å². The van der Waals surface area contributed by atoms with Crippen LogP contribution in [0.5, 0.6) is 0 Å². The zero-order valence-corrected chi connectivity index (χ0v) is 11.4. The van der Waals surface area contributed by atoms with E-state index in [1.54, 1.807) is 11.0 Å². The first-order chi connectivity index (χ1) is 8.32. The summed E-state index contributed by atoms with van der Waals surface area (Å²) in [7, 11) is 1.48. The number of aromatic nitrogens is 3. The van der Waals surface area contributed by atoms with Crippen molar-refractivity contribution >= 4 is 11.8 Å². The van der Waals surface area contributed by atoms with Crippen LogP contribution in [-0.2, 0) is 11.4 Å². The molecule has 0 bridgehead atoms. The fourth-order valence-corrected chi connectivity index (χ4v) is 1.16. The van der Waals surface area contributed by atoms with Crippen LogP contribution in [0.25, 0.3) is 0 Å². The van der Waals surface area contributed by atoms with Gasteiger partial charge in [-0.1, -0.05) is 25.9 Å². The minimum atomic E-state index is -0.591. The van der Waals surface area contributed by atoms with Gasteiger partial charge in [-0.3, -0.25) is 4.84 Å². The number of rotatable bonds is 3. The maximum absolute atomic E-state index is 11.0. The molecule has 1 aromatic rings. The quantitative estimate of drug-likeness (QED) is 0.501. The van der Waals surface area contributed by atoms with Crippen LogP contribution in [0.15, 0.2) is 11.5 Å². The number of carbonyl (C=O) groups excluding carboxylic acids is 1. The monoisotopic (exact) mass is 253 g/mol. The van der Waals surface area contributed by atoms with Crippen molar-refractivity contribution in [3.05, 3.63) is 12.2 Å². The molecule has 0 saturated heterocycles. The Kier molecular flexibility index (Phi) is 4.41. The summed E-state index contributed by atoms with van der Waals surface area (Å²) in [5.74, 6) is 0.690. The molecule has 0 aromatic carbocycles. The van der Waals surface area contributed by atoms with Crippen LogP contribution < -0.4 is 5.32 Å². The Morgan fingerprint density at radius 1 is 1.56 bits per heavy atom. The van der Waals surface area contributed by atoms with Gasteiger partial charge in [0.25, 0.3) is 0 Å². The number of hydrogen-bond acceptors (Lipinski definition) is 5. The maximum atomic E-state index is 11.0. The van der Waals surface area contributed by atoms with Gasteiger partial charge in [-0.25, -0.2) is 14.5 Å². The number of nitrogens with zero attached hydrogens (tertiary/aromatic N) is 4. The number of nitrogens with one attached hydrogen (secondary N) is 1. The van der Waals surface area contributed by atoms with Crippen LogP contribution in [0.1, 0.15) is 26.6 Å². The van der Waals surface area contributed by atoms with Gasteiger partial charge in [0, 0.05) is 12.5 Å². The average molecular weight is 253 g/mol. The van der Waals surface area contributed by atoms with Crippen molar-refractivity contribution in [3.63, 3.8) is 0 Å². The smallest absolute Gasteiger partial charge is 0.323 e. The maximum Gasteiger partial charge on any atom is 0.433 e. The molecule has 7 heteroatoms. The zero-order valence-electron chi connectivity index (χ0n) is 11.4. The summed E-state index contributed by atoms with van der Waals surface area (Å²) in [5.41, 5.74) is 0.476. The van der Waals surface area contributed by atoms with Gasteiger partial charge in [-0.05, 0) is 6.92 Å². The molecule has 0 unspecified atom stereocenters. The molecule has 1 rings (SSSR count). The van der Waals surface area contributed by atoms with E-state index in [4.69, 9.17) is 4.84 Å². The van der Waals surface area contributed by atoms with Gasteiger partial charge in [0.15, 0.2) is 0 Å². The Bertz CT molecular complexity index is 445. The number of hydrogen-bond donors (Lipinski definition) is 1. The van der Waals surface area contributed by atoms with Gasteiger partial charge in [-0.2, -0.15) is 5.10 Å². The minimum Gasteiger partial charge on any atom is -0.323 e. The van der Waals surface area contributed by atoms with Crippen molar-refractivity contribution in [1.29, 1.82) is 0 Å². The molecular formula is C11H19N5O2. The van der Waals surface area contributed by atoms with E-state index in [1.807, 2.05) is 27.7 Å². The number of aryl methyl sites for hydroxylation is 1. The Balaban J connectivity index is 2.82. The first-order valence-corrected chi connectivity index (χ1v) is 5.65. The minimum absolute atomic E-state index is 0.228. The fourth-order valence-electron chi connectivity index (χ4n) is 1.16. The van der Waals surface area contributed by atoms with Crippen LogP contribution in [0.3, 0.4) is 0 Å². The summed E-state index contributed by atoms with van der Waals surface area (Å²) < 4.78 is 1.66. The van der Waals surface area contributed by atoms with E-state index in [0.29, 0.717) is 18.1 Å². The lowest BCUT2D eigenvalue weighted by molar-refractivity contribution is 0.151. The second-order valence-corrected chi connectivity index (χ2v) is 4.91. The molecule has 0 aliphatic rings. The predicted molar refractivity (Wildman–Crippen MR) is 67.2 cm³/mol. The lowest BCUT2D eigenvalue weighted by Crippen LogP contribution is -2.27. The molecule has 1 aromatic heterocycles. The lowest BCUT2D eigenvalue weighted by Gasteiger charge is -2.20. The molecule has 1 amide bonds. The number of amides is 1. The Hall–Kier alpha value is -1.92. The van der Waals surface area contributed by atoms with E-state index in [1.165, 1.54) is 7.05 Å². The van der Waals surface area contributed by atoms with Gasteiger partial charge in [-0.15, -0.1) is 0 Å². The molecule has 0 spiro atoms. The molecule has 0 aliphatic heterocycles. The molecule has 0 saturated carbocycles. The number of oxime groups is 1. The number of carbonyl (C=O) groups is 1. The zero-order chi connectivity index (χ0) is 13.8. The largest absolute Gasteiger partial charge is 0.433 e. The third-order valence-electron chi connectivity index (χ3n) is 2.27. The van der Waals surface area contributed by atoms with Crippen LogP contribution in [0.2, 0.25) is 0 Å². The molecule has 7 nitrogen and oxygen atoms in total.